The van der Waals surface area contributed by atoms with Crippen LogP contribution in [-0.2, 0) is 16.0 Å². The van der Waals surface area contributed by atoms with Crippen LogP contribution in [0.25, 0.3) is 0 Å². The number of halogens is 1. The van der Waals surface area contributed by atoms with E-state index in [0.29, 0.717) is 13.0 Å². The van der Waals surface area contributed by atoms with Crippen LogP contribution in [0.15, 0.2) is 24.3 Å². The first-order valence-electron chi connectivity index (χ1n) is 5.56. The summed E-state index contributed by atoms with van der Waals surface area (Å²) in [7, 11) is 0. The fourth-order valence-corrected chi connectivity index (χ4v) is 1.92. The van der Waals surface area contributed by atoms with E-state index in [1.165, 1.54) is 3.57 Å². The highest BCUT2D eigenvalue weighted by molar-refractivity contribution is 14.1. The molecular formula is C13H17IO2. The Balaban J connectivity index is 2.59. The number of rotatable bonds is 6. The predicted octanol–water partition coefficient (Wildman–Crippen LogP) is 3.22. The molecule has 0 spiro atoms. The maximum absolute atomic E-state index is 11.9. The minimum absolute atomic E-state index is 0.172. The zero-order valence-corrected chi connectivity index (χ0v) is 11.9. The Morgan fingerprint density at radius 3 is 2.44 bits per heavy atom. The van der Waals surface area contributed by atoms with Gasteiger partial charge >= 0.3 is 0 Å². The summed E-state index contributed by atoms with van der Waals surface area (Å²) in [4.78, 5) is 11.9. The van der Waals surface area contributed by atoms with Gasteiger partial charge in [-0.25, -0.2) is 0 Å². The van der Waals surface area contributed by atoms with Gasteiger partial charge < -0.3 is 4.74 Å². The van der Waals surface area contributed by atoms with Gasteiger partial charge in [0.15, 0.2) is 5.78 Å². The van der Waals surface area contributed by atoms with Gasteiger partial charge in [0.05, 0.1) is 0 Å². The van der Waals surface area contributed by atoms with Gasteiger partial charge in [0.25, 0.3) is 0 Å². The molecule has 0 fully saturated rings. The Morgan fingerprint density at radius 1 is 1.31 bits per heavy atom. The average Bonchev–Trinajstić information content (AvgIpc) is 2.29. The maximum atomic E-state index is 11.9. The van der Waals surface area contributed by atoms with Crippen molar-refractivity contribution in [3.8, 4) is 0 Å². The molecule has 16 heavy (non-hydrogen) atoms. The summed E-state index contributed by atoms with van der Waals surface area (Å²) < 4.78 is 6.58. The van der Waals surface area contributed by atoms with Crippen LogP contribution in [0.1, 0.15) is 25.8 Å². The van der Waals surface area contributed by atoms with E-state index in [-0.39, 0.29) is 11.9 Å². The Kier molecular flexibility index (Phi) is 5.98. The van der Waals surface area contributed by atoms with Crippen LogP contribution >= 0.6 is 22.6 Å². The molecule has 2 nitrogen and oxygen atoms in total. The van der Waals surface area contributed by atoms with Gasteiger partial charge in [-0.15, -0.1) is 0 Å². The van der Waals surface area contributed by atoms with Crippen LogP contribution in [0.3, 0.4) is 0 Å². The fourth-order valence-electron chi connectivity index (χ4n) is 1.56. The standard InChI is InChI=1S/C13H17IO2/c1-3-13(16-4-2)12(15)9-10-5-7-11(14)8-6-10/h5-8,13H,3-4,9H2,1-2H3. The van der Waals surface area contributed by atoms with Gasteiger partial charge in [-0.2, -0.15) is 0 Å². The van der Waals surface area contributed by atoms with E-state index >= 15 is 0 Å². The second-order valence-corrected chi connectivity index (χ2v) is 4.87. The molecule has 0 N–H and O–H groups in total. The summed E-state index contributed by atoms with van der Waals surface area (Å²) in [6.45, 7) is 4.49. The lowest BCUT2D eigenvalue weighted by Crippen LogP contribution is -2.25. The molecular weight excluding hydrogens is 315 g/mol. The van der Waals surface area contributed by atoms with Gasteiger partial charge in [-0.3, -0.25) is 4.79 Å². The number of ketones is 1. The van der Waals surface area contributed by atoms with E-state index in [4.69, 9.17) is 4.74 Å². The first kappa shape index (κ1) is 13.6. The van der Waals surface area contributed by atoms with Crippen molar-refractivity contribution >= 4 is 28.4 Å². The van der Waals surface area contributed by atoms with Crippen molar-refractivity contribution in [3.63, 3.8) is 0 Å². The van der Waals surface area contributed by atoms with Crippen LogP contribution in [0, 0.1) is 3.57 Å². The topological polar surface area (TPSA) is 26.3 Å². The van der Waals surface area contributed by atoms with Crippen molar-refractivity contribution in [1.29, 1.82) is 0 Å². The molecule has 88 valence electrons. The number of hydrogen-bond donors (Lipinski definition) is 0. The molecule has 0 saturated carbocycles. The molecule has 0 aromatic heterocycles. The van der Waals surface area contributed by atoms with E-state index in [1.54, 1.807) is 0 Å². The van der Waals surface area contributed by atoms with Crippen molar-refractivity contribution in [3.05, 3.63) is 33.4 Å². The summed E-state index contributed by atoms with van der Waals surface area (Å²) in [6.07, 6.45) is 0.969. The molecule has 1 unspecified atom stereocenters. The Morgan fingerprint density at radius 2 is 1.94 bits per heavy atom. The fraction of sp³-hybridized carbons (Fsp3) is 0.462. The van der Waals surface area contributed by atoms with Gasteiger partial charge in [0.1, 0.15) is 6.10 Å². The first-order valence-corrected chi connectivity index (χ1v) is 6.64. The van der Waals surface area contributed by atoms with Crippen LogP contribution in [0.2, 0.25) is 0 Å². The van der Waals surface area contributed by atoms with Crippen molar-refractivity contribution in [1.82, 2.24) is 0 Å². The van der Waals surface area contributed by atoms with Crippen LogP contribution < -0.4 is 0 Å². The Hall–Kier alpha value is -0.420. The van der Waals surface area contributed by atoms with E-state index in [2.05, 4.69) is 22.6 Å². The highest BCUT2D eigenvalue weighted by Gasteiger charge is 2.16. The molecule has 3 heteroatoms. The lowest BCUT2D eigenvalue weighted by molar-refractivity contribution is -0.129. The molecule has 0 aliphatic carbocycles. The van der Waals surface area contributed by atoms with Crippen molar-refractivity contribution < 1.29 is 9.53 Å². The Labute approximate surface area is 111 Å². The largest absolute Gasteiger partial charge is 0.371 e. The lowest BCUT2D eigenvalue weighted by atomic mass is 10.0. The minimum atomic E-state index is -0.246. The predicted molar refractivity (Wildman–Crippen MR) is 73.6 cm³/mol. The third-order valence-electron chi connectivity index (χ3n) is 2.39. The van der Waals surface area contributed by atoms with E-state index < -0.39 is 0 Å². The number of Topliss-reactive ketones (excluding diaryl/α,β-unsaturated/α-hetero) is 1. The number of carbonyl (C=O) groups is 1. The number of benzene rings is 1. The molecule has 0 radical (unpaired) electrons. The zero-order valence-electron chi connectivity index (χ0n) is 9.70. The minimum Gasteiger partial charge on any atom is -0.371 e. The van der Waals surface area contributed by atoms with E-state index in [9.17, 15) is 4.79 Å². The third kappa shape index (κ3) is 4.22. The highest BCUT2D eigenvalue weighted by atomic mass is 127. The van der Waals surface area contributed by atoms with E-state index in [1.807, 2.05) is 38.1 Å². The van der Waals surface area contributed by atoms with Gasteiger partial charge in [0.2, 0.25) is 0 Å². The normalized spacial score (nSPS) is 12.4. The molecule has 0 heterocycles. The molecule has 0 amide bonds. The van der Waals surface area contributed by atoms with Crippen LogP contribution in [0.5, 0.6) is 0 Å². The van der Waals surface area contributed by atoms with Crippen molar-refractivity contribution in [2.24, 2.45) is 0 Å². The van der Waals surface area contributed by atoms with E-state index in [0.717, 1.165) is 12.0 Å². The Bertz CT molecular complexity index is 332. The second kappa shape index (κ2) is 7.01. The maximum Gasteiger partial charge on any atom is 0.165 e. The molecule has 1 aromatic rings. The third-order valence-corrected chi connectivity index (χ3v) is 3.11. The number of ether oxygens (including phenoxy) is 1. The van der Waals surface area contributed by atoms with Crippen molar-refractivity contribution in [2.75, 3.05) is 6.61 Å². The van der Waals surface area contributed by atoms with Gasteiger partial charge in [-0.05, 0) is 53.6 Å². The van der Waals surface area contributed by atoms with Crippen LogP contribution in [-0.4, -0.2) is 18.5 Å². The highest BCUT2D eigenvalue weighted by Crippen LogP contribution is 2.10. The molecule has 1 atom stereocenters. The summed E-state index contributed by atoms with van der Waals surface area (Å²) >= 11 is 2.25. The molecule has 0 aliphatic heterocycles. The lowest BCUT2D eigenvalue weighted by Gasteiger charge is -2.13. The number of carbonyl (C=O) groups excluding carboxylic acids is 1. The average molecular weight is 332 g/mol. The summed E-state index contributed by atoms with van der Waals surface area (Å²) in [5.74, 6) is 0.172. The zero-order chi connectivity index (χ0) is 12.0. The quantitative estimate of drug-likeness (QED) is 0.748. The molecule has 1 aromatic carbocycles. The van der Waals surface area contributed by atoms with Crippen molar-refractivity contribution in [2.45, 2.75) is 32.8 Å². The van der Waals surface area contributed by atoms with Crippen LogP contribution in [0.4, 0.5) is 0 Å². The SMILES string of the molecule is CCOC(CC)C(=O)Cc1ccc(I)cc1. The summed E-state index contributed by atoms with van der Waals surface area (Å²) in [5.41, 5.74) is 1.06. The molecule has 1 rings (SSSR count). The monoisotopic (exact) mass is 332 g/mol. The summed E-state index contributed by atoms with van der Waals surface area (Å²) in [6, 6.07) is 8.03. The first-order chi connectivity index (χ1) is 7.67. The molecule has 0 bridgehead atoms. The second-order valence-electron chi connectivity index (χ2n) is 3.62. The van der Waals surface area contributed by atoms with Gasteiger partial charge in [0, 0.05) is 16.6 Å². The molecule has 0 saturated heterocycles. The molecule has 0 aliphatic rings. The summed E-state index contributed by atoms with van der Waals surface area (Å²) in [5, 5.41) is 0. The smallest absolute Gasteiger partial charge is 0.165 e. The number of hydrogen-bond acceptors (Lipinski definition) is 2. The van der Waals surface area contributed by atoms with Gasteiger partial charge in [-0.1, -0.05) is 19.1 Å².